The summed E-state index contributed by atoms with van der Waals surface area (Å²) in [6, 6.07) is 9.59. The molecule has 0 bridgehead atoms. The number of nitrogens with zero attached hydrogens (tertiary/aromatic N) is 2. The van der Waals surface area contributed by atoms with Crippen molar-refractivity contribution in [1.29, 1.82) is 0 Å². The molecular weight excluding hydrogens is 385 g/mol. The summed E-state index contributed by atoms with van der Waals surface area (Å²) >= 11 is 0. The zero-order valence-electron chi connectivity index (χ0n) is 13.7. The van der Waals surface area contributed by atoms with Gasteiger partial charge in [0.05, 0.1) is 6.54 Å². The van der Waals surface area contributed by atoms with Crippen LogP contribution in [-0.2, 0) is 5.41 Å². The van der Waals surface area contributed by atoms with Crippen LogP contribution in [-0.4, -0.2) is 30.5 Å². The van der Waals surface area contributed by atoms with E-state index in [4.69, 9.17) is 10.7 Å². The van der Waals surface area contributed by atoms with Gasteiger partial charge in [0.2, 0.25) is 0 Å². The minimum absolute atomic E-state index is 0. The largest absolute Gasteiger partial charge is 0.370 e. The fourth-order valence-corrected chi connectivity index (χ4v) is 3.56. The zero-order chi connectivity index (χ0) is 14.9. The van der Waals surface area contributed by atoms with Gasteiger partial charge >= 0.3 is 0 Å². The van der Waals surface area contributed by atoms with Crippen LogP contribution in [0.1, 0.15) is 49.7 Å². The van der Waals surface area contributed by atoms with Crippen molar-refractivity contribution in [2.24, 2.45) is 10.7 Å². The topological polar surface area (TPSA) is 41.6 Å². The van der Waals surface area contributed by atoms with Gasteiger partial charge in [-0.25, -0.2) is 0 Å². The summed E-state index contributed by atoms with van der Waals surface area (Å²) in [5.74, 6) is 0.719. The molecule has 0 amide bonds. The van der Waals surface area contributed by atoms with E-state index in [0.29, 0.717) is 6.04 Å². The molecule has 0 atom stereocenters. The van der Waals surface area contributed by atoms with Crippen LogP contribution >= 0.6 is 24.0 Å². The lowest BCUT2D eigenvalue weighted by Crippen LogP contribution is -2.37. The van der Waals surface area contributed by atoms with Gasteiger partial charge in [-0.1, -0.05) is 42.7 Å². The highest BCUT2D eigenvalue weighted by Gasteiger charge is 2.36. The van der Waals surface area contributed by atoms with Crippen molar-refractivity contribution in [2.75, 3.05) is 13.6 Å². The molecule has 0 unspecified atom stereocenters. The van der Waals surface area contributed by atoms with E-state index in [0.717, 1.165) is 12.5 Å². The molecule has 0 saturated heterocycles. The standard InChI is InChI=1S/C18H27N3.HI/c1-14-6-5-7-15(12-14)18(10-3-4-11-18)13-20-17(19)21(2)16-8-9-16;/h5-7,12,16H,3-4,8-11,13H2,1-2H3,(H2,19,20);1H. The summed E-state index contributed by atoms with van der Waals surface area (Å²) in [6.07, 6.45) is 7.61. The molecule has 0 aromatic heterocycles. The van der Waals surface area contributed by atoms with E-state index in [9.17, 15) is 0 Å². The molecular formula is C18H28IN3. The third-order valence-corrected chi connectivity index (χ3v) is 5.19. The van der Waals surface area contributed by atoms with Crippen molar-refractivity contribution in [3.63, 3.8) is 0 Å². The van der Waals surface area contributed by atoms with E-state index in [-0.39, 0.29) is 29.4 Å². The number of nitrogens with two attached hydrogens (primary N) is 1. The third kappa shape index (κ3) is 3.76. The van der Waals surface area contributed by atoms with Gasteiger partial charge in [-0.05, 0) is 38.2 Å². The molecule has 3 rings (SSSR count). The maximum Gasteiger partial charge on any atom is 0.191 e. The lowest BCUT2D eigenvalue weighted by atomic mass is 9.78. The van der Waals surface area contributed by atoms with Gasteiger partial charge in [0, 0.05) is 18.5 Å². The Kier molecular flexibility index (Phi) is 5.75. The molecule has 0 heterocycles. The van der Waals surface area contributed by atoms with Gasteiger partial charge in [-0.3, -0.25) is 4.99 Å². The fourth-order valence-electron chi connectivity index (χ4n) is 3.56. The Labute approximate surface area is 151 Å². The highest BCUT2D eigenvalue weighted by atomic mass is 127. The van der Waals surface area contributed by atoms with Gasteiger partial charge in [-0.2, -0.15) is 0 Å². The van der Waals surface area contributed by atoms with Gasteiger partial charge in [0.25, 0.3) is 0 Å². The second-order valence-corrected chi connectivity index (χ2v) is 6.87. The first kappa shape index (κ1) is 17.6. The number of benzene rings is 1. The highest BCUT2D eigenvalue weighted by molar-refractivity contribution is 14.0. The van der Waals surface area contributed by atoms with Crippen LogP contribution in [0.15, 0.2) is 29.3 Å². The van der Waals surface area contributed by atoms with Crippen LogP contribution in [0.2, 0.25) is 0 Å². The molecule has 4 heteroatoms. The molecule has 0 aliphatic heterocycles. The average Bonchev–Trinajstić information content (AvgIpc) is 3.22. The Balaban J connectivity index is 0.00000176. The second-order valence-electron chi connectivity index (χ2n) is 6.87. The lowest BCUT2D eigenvalue weighted by molar-refractivity contribution is 0.440. The molecule has 2 aliphatic carbocycles. The minimum Gasteiger partial charge on any atom is -0.370 e. The Morgan fingerprint density at radius 2 is 2.00 bits per heavy atom. The first-order valence-electron chi connectivity index (χ1n) is 8.21. The molecule has 2 fully saturated rings. The lowest BCUT2D eigenvalue weighted by Gasteiger charge is -2.29. The third-order valence-electron chi connectivity index (χ3n) is 5.19. The smallest absolute Gasteiger partial charge is 0.191 e. The van der Waals surface area contributed by atoms with Crippen molar-refractivity contribution in [3.05, 3.63) is 35.4 Å². The Morgan fingerprint density at radius 3 is 2.59 bits per heavy atom. The van der Waals surface area contributed by atoms with E-state index in [1.807, 2.05) is 0 Å². The number of guanidine groups is 1. The SMILES string of the molecule is Cc1cccc(C2(CN=C(N)N(C)C3CC3)CCCC2)c1.I. The van der Waals surface area contributed by atoms with Crippen LogP contribution < -0.4 is 5.73 Å². The number of hydrogen-bond donors (Lipinski definition) is 1. The summed E-state index contributed by atoms with van der Waals surface area (Å²) in [4.78, 5) is 6.92. The first-order valence-corrected chi connectivity index (χ1v) is 8.21. The van der Waals surface area contributed by atoms with Crippen molar-refractivity contribution in [3.8, 4) is 0 Å². The van der Waals surface area contributed by atoms with Crippen molar-refractivity contribution in [2.45, 2.75) is 56.9 Å². The number of aliphatic imine (C=N–C) groups is 1. The van der Waals surface area contributed by atoms with E-state index in [1.165, 1.54) is 49.7 Å². The first-order chi connectivity index (χ1) is 10.1. The molecule has 3 nitrogen and oxygen atoms in total. The number of halogens is 1. The molecule has 1 aromatic carbocycles. The van der Waals surface area contributed by atoms with Gasteiger partial charge in [0.15, 0.2) is 5.96 Å². The molecule has 2 saturated carbocycles. The summed E-state index contributed by atoms with van der Waals surface area (Å²) in [6.45, 7) is 3.00. The molecule has 22 heavy (non-hydrogen) atoms. The Morgan fingerprint density at radius 1 is 1.32 bits per heavy atom. The second kappa shape index (κ2) is 7.20. The zero-order valence-corrected chi connectivity index (χ0v) is 16.0. The van der Waals surface area contributed by atoms with Crippen LogP contribution in [0.3, 0.4) is 0 Å². The highest BCUT2D eigenvalue weighted by Crippen LogP contribution is 2.41. The van der Waals surface area contributed by atoms with Crippen LogP contribution in [0.4, 0.5) is 0 Å². The van der Waals surface area contributed by atoms with E-state index < -0.39 is 0 Å². The van der Waals surface area contributed by atoms with Gasteiger partial charge < -0.3 is 10.6 Å². The van der Waals surface area contributed by atoms with Crippen LogP contribution in [0.25, 0.3) is 0 Å². The van der Waals surface area contributed by atoms with Crippen molar-refractivity contribution >= 4 is 29.9 Å². The Hall–Kier alpha value is -0.780. The normalized spacial score (nSPS) is 20.5. The average molecular weight is 413 g/mol. The number of hydrogen-bond acceptors (Lipinski definition) is 1. The van der Waals surface area contributed by atoms with E-state index >= 15 is 0 Å². The Bertz CT molecular complexity index is 531. The summed E-state index contributed by atoms with van der Waals surface area (Å²) in [5, 5.41) is 0. The summed E-state index contributed by atoms with van der Waals surface area (Å²) in [7, 11) is 2.07. The predicted molar refractivity (Wildman–Crippen MR) is 104 cm³/mol. The summed E-state index contributed by atoms with van der Waals surface area (Å²) < 4.78 is 0. The monoisotopic (exact) mass is 413 g/mol. The summed E-state index contributed by atoms with van der Waals surface area (Å²) in [5.41, 5.74) is 9.18. The quantitative estimate of drug-likeness (QED) is 0.463. The van der Waals surface area contributed by atoms with Gasteiger partial charge in [-0.15, -0.1) is 24.0 Å². The van der Waals surface area contributed by atoms with Gasteiger partial charge in [0.1, 0.15) is 0 Å². The van der Waals surface area contributed by atoms with Crippen molar-refractivity contribution in [1.82, 2.24) is 4.90 Å². The molecule has 2 N–H and O–H groups in total. The predicted octanol–water partition coefficient (Wildman–Crippen LogP) is 3.83. The van der Waals surface area contributed by atoms with E-state index in [2.05, 4.69) is 43.1 Å². The minimum atomic E-state index is 0. The van der Waals surface area contributed by atoms with Crippen LogP contribution in [0, 0.1) is 6.92 Å². The van der Waals surface area contributed by atoms with E-state index in [1.54, 1.807) is 0 Å². The van der Waals surface area contributed by atoms with Crippen LogP contribution in [0.5, 0.6) is 0 Å². The maximum atomic E-state index is 6.18. The molecule has 122 valence electrons. The number of rotatable bonds is 4. The molecule has 2 aliphatic rings. The molecule has 0 spiro atoms. The van der Waals surface area contributed by atoms with Crippen molar-refractivity contribution < 1.29 is 0 Å². The molecule has 1 aromatic rings. The fraction of sp³-hybridized carbons (Fsp3) is 0.611. The molecule has 0 radical (unpaired) electrons. The number of aryl methyl sites for hydroxylation is 1. The maximum absolute atomic E-state index is 6.18.